The van der Waals surface area contributed by atoms with E-state index in [0.29, 0.717) is 17.4 Å². The zero-order chi connectivity index (χ0) is 16.2. The molecule has 0 unspecified atom stereocenters. The summed E-state index contributed by atoms with van der Waals surface area (Å²) in [4.78, 5) is 12.0. The quantitative estimate of drug-likeness (QED) is 0.256. The Morgan fingerprint density at radius 1 is 1.04 bits per heavy atom. The standard InChI is InChI=1S/C19H17ClO3/c1-2-3-11-22-19(21)23-18-14-8-5-4-7-13(14)12-16-15(18)9-6-10-17(16)20/h4-10,12H,2-3,11H2,1H3. The fraction of sp³-hybridized carbons (Fsp3) is 0.211. The minimum Gasteiger partial charge on any atom is -0.434 e. The van der Waals surface area contributed by atoms with Gasteiger partial charge in [0.25, 0.3) is 0 Å². The summed E-state index contributed by atoms with van der Waals surface area (Å²) in [6, 6.07) is 15.3. The molecule has 0 aliphatic heterocycles. The summed E-state index contributed by atoms with van der Waals surface area (Å²) in [6.45, 7) is 2.40. The first-order chi connectivity index (χ1) is 11.2. The first-order valence-electron chi connectivity index (χ1n) is 7.65. The van der Waals surface area contributed by atoms with Gasteiger partial charge in [0.1, 0.15) is 5.75 Å². The van der Waals surface area contributed by atoms with Crippen molar-refractivity contribution in [1.29, 1.82) is 0 Å². The van der Waals surface area contributed by atoms with Crippen molar-refractivity contribution >= 4 is 39.3 Å². The van der Waals surface area contributed by atoms with Crippen LogP contribution in [0.2, 0.25) is 5.02 Å². The molecule has 0 saturated heterocycles. The van der Waals surface area contributed by atoms with Crippen molar-refractivity contribution in [2.75, 3.05) is 6.61 Å². The molecule has 0 N–H and O–H groups in total. The van der Waals surface area contributed by atoms with E-state index in [-0.39, 0.29) is 0 Å². The summed E-state index contributed by atoms with van der Waals surface area (Å²) in [6.07, 6.45) is 1.09. The maximum absolute atomic E-state index is 12.0. The molecule has 0 aliphatic rings. The Morgan fingerprint density at radius 2 is 1.83 bits per heavy atom. The van der Waals surface area contributed by atoms with Gasteiger partial charge in [-0.05, 0) is 23.9 Å². The lowest BCUT2D eigenvalue weighted by Crippen LogP contribution is -2.11. The number of unbranched alkanes of at least 4 members (excludes halogenated alkanes) is 1. The van der Waals surface area contributed by atoms with Crippen LogP contribution in [0.3, 0.4) is 0 Å². The first kappa shape index (κ1) is 15.6. The Kier molecular flexibility index (Phi) is 4.68. The molecule has 3 nitrogen and oxygen atoms in total. The van der Waals surface area contributed by atoms with Crippen molar-refractivity contribution < 1.29 is 14.3 Å². The van der Waals surface area contributed by atoms with Crippen LogP contribution in [0.4, 0.5) is 4.79 Å². The van der Waals surface area contributed by atoms with Gasteiger partial charge >= 0.3 is 6.16 Å². The smallest absolute Gasteiger partial charge is 0.434 e. The van der Waals surface area contributed by atoms with Gasteiger partial charge in [-0.2, -0.15) is 0 Å². The van der Waals surface area contributed by atoms with Crippen molar-refractivity contribution in [2.45, 2.75) is 19.8 Å². The van der Waals surface area contributed by atoms with Crippen molar-refractivity contribution in [3.63, 3.8) is 0 Å². The highest BCUT2D eigenvalue weighted by Gasteiger charge is 2.15. The third-order valence-corrected chi connectivity index (χ3v) is 4.04. The molecule has 3 rings (SSSR count). The number of carbonyl (C=O) groups is 1. The van der Waals surface area contributed by atoms with Crippen molar-refractivity contribution in [3.8, 4) is 5.75 Å². The minimum absolute atomic E-state index is 0.360. The lowest BCUT2D eigenvalue weighted by molar-refractivity contribution is 0.0988. The molecule has 0 aliphatic carbocycles. The van der Waals surface area contributed by atoms with E-state index in [0.717, 1.165) is 34.4 Å². The highest BCUT2D eigenvalue weighted by Crippen LogP contribution is 2.37. The molecule has 0 amide bonds. The third kappa shape index (κ3) is 3.25. The molecular weight excluding hydrogens is 312 g/mol. The van der Waals surface area contributed by atoms with Crippen LogP contribution in [0.1, 0.15) is 19.8 Å². The van der Waals surface area contributed by atoms with Gasteiger partial charge in [-0.15, -0.1) is 0 Å². The molecule has 0 aromatic heterocycles. The molecule has 23 heavy (non-hydrogen) atoms. The molecule has 0 bridgehead atoms. The monoisotopic (exact) mass is 328 g/mol. The van der Waals surface area contributed by atoms with Crippen molar-refractivity contribution in [1.82, 2.24) is 0 Å². The van der Waals surface area contributed by atoms with E-state index < -0.39 is 6.16 Å². The Balaban J connectivity index is 2.08. The summed E-state index contributed by atoms with van der Waals surface area (Å²) < 4.78 is 10.6. The van der Waals surface area contributed by atoms with E-state index >= 15 is 0 Å². The summed E-state index contributed by atoms with van der Waals surface area (Å²) >= 11 is 6.30. The van der Waals surface area contributed by atoms with Gasteiger partial charge in [0.05, 0.1) is 6.61 Å². The molecule has 0 spiro atoms. The van der Waals surface area contributed by atoms with E-state index in [2.05, 4.69) is 0 Å². The maximum atomic E-state index is 12.0. The van der Waals surface area contributed by atoms with Crippen LogP contribution < -0.4 is 4.74 Å². The topological polar surface area (TPSA) is 35.5 Å². The number of halogens is 1. The lowest BCUT2D eigenvalue weighted by atomic mass is 10.0. The number of hydrogen-bond donors (Lipinski definition) is 0. The van der Waals surface area contributed by atoms with Gasteiger partial charge in [0.15, 0.2) is 0 Å². The molecule has 3 aromatic carbocycles. The SMILES string of the molecule is CCCCOC(=O)Oc1c2ccccc2cc2c(Cl)cccc12. The molecular formula is C19H17ClO3. The Hall–Kier alpha value is -2.26. The van der Waals surface area contributed by atoms with Crippen LogP contribution in [-0.2, 0) is 4.74 Å². The Labute approximate surface area is 139 Å². The van der Waals surface area contributed by atoms with Gasteiger partial charge in [-0.1, -0.05) is 61.3 Å². The Bertz CT molecular complexity index is 858. The molecule has 0 heterocycles. The number of hydrogen-bond acceptors (Lipinski definition) is 3. The van der Waals surface area contributed by atoms with E-state index in [1.807, 2.05) is 55.5 Å². The fourth-order valence-electron chi connectivity index (χ4n) is 2.53. The summed E-state index contributed by atoms with van der Waals surface area (Å²) in [5, 5.41) is 4.09. The highest BCUT2D eigenvalue weighted by atomic mass is 35.5. The third-order valence-electron chi connectivity index (χ3n) is 3.71. The van der Waals surface area contributed by atoms with Crippen molar-refractivity contribution in [2.24, 2.45) is 0 Å². The van der Waals surface area contributed by atoms with E-state index in [4.69, 9.17) is 21.1 Å². The fourth-order valence-corrected chi connectivity index (χ4v) is 2.76. The van der Waals surface area contributed by atoms with E-state index in [1.165, 1.54) is 0 Å². The zero-order valence-electron chi connectivity index (χ0n) is 12.8. The second-order valence-electron chi connectivity index (χ2n) is 5.32. The maximum Gasteiger partial charge on any atom is 0.513 e. The van der Waals surface area contributed by atoms with Crippen LogP contribution in [0.15, 0.2) is 48.5 Å². The van der Waals surface area contributed by atoms with Crippen LogP contribution >= 0.6 is 11.6 Å². The average molecular weight is 329 g/mol. The Morgan fingerprint density at radius 3 is 2.65 bits per heavy atom. The molecule has 118 valence electrons. The van der Waals surface area contributed by atoms with Gasteiger partial charge in [0, 0.05) is 21.2 Å². The summed E-state index contributed by atoms with van der Waals surface area (Å²) in [7, 11) is 0. The highest BCUT2D eigenvalue weighted by molar-refractivity contribution is 6.36. The average Bonchev–Trinajstić information content (AvgIpc) is 2.56. The second kappa shape index (κ2) is 6.88. The second-order valence-corrected chi connectivity index (χ2v) is 5.72. The van der Waals surface area contributed by atoms with Crippen LogP contribution in [-0.4, -0.2) is 12.8 Å². The lowest BCUT2D eigenvalue weighted by Gasteiger charge is -2.12. The first-order valence-corrected chi connectivity index (χ1v) is 8.03. The predicted octanol–water partition coefficient (Wildman–Crippen LogP) is 5.96. The summed E-state index contributed by atoms with van der Waals surface area (Å²) in [5.41, 5.74) is 0. The number of rotatable bonds is 4. The molecule has 0 atom stereocenters. The van der Waals surface area contributed by atoms with Gasteiger partial charge in [-0.3, -0.25) is 0 Å². The van der Waals surface area contributed by atoms with Crippen LogP contribution in [0, 0.1) is 0 Å². The number of ether oxygens (including phenoxy) is 2. The molecule has 0 saturated carbocycles. The van der Waals surface area contributed by atoms with E-state index in [9.17, 15) is 4.79 Å². The minimum atomic E-state index is -0.684. The van der Waals surface area contributed by atoms with Gasteiger partial charge in [-0.25, -0.2) is 4.79 Å². The molecule has 0 radical (unpaired) electrons. The van der Waals surface area contributed by atoms with Crippen LogP contribution in [0.25, 0.3) is 21.5 Å². The van der Waals surface area contributed by atoms with Gasteiger partial charge in [0.2, 0.25) is 0 Å². The molecule has 0 fully saturated rings. The molecule has 4 heteroatoms. The zero-order valence-corrected chi connectivity index (χ0v) is 13.6. The van der Waals surface area contributed by atoms with Crippen molar-refractivity contribution in [3.05, 3.63) is 53.6 Å². The van der Waals surface area contributed by atoms with Gasteiger partial charge < -0.3 is 9.47 Å². The largest absolute Gasteiger partial charge is 0.513 e. The number of fused-ring (bicyclic) bond motifs is 2. The summed E-state index contributed by atoms with van der Waals surface area (Å²) in [5.74, 6) is 0.488. The predicted molar refractivity (Wildman–Crippen MR) is 93.3 cm³/mol. The molecule has 3 aromatic rings. The van der Waals surface area contributed by atoms with Crippen LogP contribution in [0.5, 0.6) is 5.75 Å². The normalized spacial score (nSPS) is 10.9. The number of carbonyl (C=O) groups excluding carboxylic acids is 1. The van der Waals surface area contributed by atoms with E-state index in [1.54, 1.807) is 0 Å². The number of benzene rings is 3.